The Balaban J connectivity index is 1.75. The van der Waals surface area contributed by atoms with Crippen LogP contribution in [0.3, 0.4) is 0 Å². The molecule has 140 valence electrons. The quantitative estimate of drug-likeness (QED) is 0.479. The predicted octanol–water partition coefficient (Wildman–Crippen LogP) is 4.69. The van der Waals surface area contributed by atoms with E-state index in [4.69, 9.17) is 17.0 Å². The Hall–Kier alpha value is -2.51. The molecule has 0 saturated carbocycles. The molecule has 0 fully saturated rings. The number of thiocarbonyl (C=S) groups is 1. The molecule has 0 unspecified atom stereocenters. The lowest BCUT2D eigenvalue weighted by Crippen LogP contribution is -2.34. The second-order valence-corrected chi connectivity index (χ2v) is 7.45. The molecule has 0 aliphatic carbocycles. The molecule has 3 rings (SSSR count). The van der Waals surface area contributed by atoms with Crippen LogP contribution in [0.2, 0.25) is 0 Å². The maximum Gasteiger partial charge on any atom is 0.337 e. The van der Waals surface area contributed by atoms with Gasteiger partial charge in [0.25, 0.3) is 0 Å². The van der Waals surface area contributed by atoms with E-state index in [-0.39, 0.29) is 5.97 Å². The molecule has 2 aromatic carbocycles. The van der Waals surface area contributed by atoms with Gasteiger partial charge in [0.05, 0.1) is 22.9 Å². The van der Waals surface area contributed by atoms with Crippen LogP contribution in [0.1, 0.15) is 29.3 Å². The summed E-state index contributed by atoms with van der Waals surface area (Å²) in [7, 11) is 1.37. The van der Waals surface area contributed by atoms with Crippen molar-refractivity contribution < 1.29 is 9.53 Å². The lowest BCUT2D eigenvalue weighted by atomic mass is 10.2. The van der Waals surface area contributed by atoms with Crippen LogP contribution in [0.5, 0.6) is 0 Å². The van der Waals surface area contributed by atoms with Gasteiger partial charge in [0.15, 0.2) is 10.2 Å². The van der Waals surface area contributed by atoms with E-state index < -0.39 is 0 Å². The highest BCUT2D eigenvalue weighted by atomic mass is 32.1. The Labute approximate surface area is 168 Å². The molecule has 0 radical (unpaired) electrons. The number of thiazole rings is 1. The fraction of sp³-hybridized carbons (Fsp3) is 0.250. The minimum atomic E-state index is -0.354. The molecule has 27 heavy (non-hydrogen) atoms. The number of benzene rings is 2. The molecule has 0 aliphatic rings. The molecular weight excluding hydrogens is 378 g/mol. The molecule has 5 nitrogen and oxygen atoms in total. The third-order valence-corrected chi connectivity index (χ3v) is 5.31. The third-order valence-electron chi connectivity index (χ3n) is 4.02. The summed E-state index contributed by atoms with van der Waals surface area (Å²) in [5.74, 6) is -0.354. The van der Waals surface area contributed by atoms with Crippen LogP contribution in [-0.2, 0) is 11.3 Å². The van der Waals surface area contributed by atoms with Gasteiger partial charge in [0, 0.05) is 13.1 Å². The summed E-state index contributed by atoms with van der Waals surface area (Å²) in [6.45, 7) is 3.74. The Morgan fingerprint density at radius 3 is 2.74 bits per heavy atom. The molecule has 0 atom stereocenters. The zero-order chi connectivity index (χ0) is 19.2. The number of hydrogen-bond donors (Lipinski definition) is 1. The first kappa shape index (κ1) is 19.3. The van der Waals surface area contributed by atoms with Gasteiger partial charge in [-0.2, -0.15) is 0 Å². The van der Waals surface area contributed by atoms with Gasteiger partial charge in [-0.3, -0.25) is 0 Å². The normalized spacial score (nSPS) is 10.6. The van der Waals surface area contributed by atoms with E-state index in [1.807, 2.05) is 24.3 Å². The van der Waals surface area contributed by atoms with Crippen LogP contribution in [0, 0.1) is 0 Å². The molecule has 7 heteroatoms. The van der Waals surface area contributed by atoms with Crippen molar-refractivity contribution in [3.63, 3.8) is 0 Å². The molecule has 0 bridgehead atoms. The van der Waals surface area contributed by atoms with Gasteiger partial charge in [0.1, 0.15) is 0 Å². The summed E-state index contributed by atoms with van der Waals surface area (Å²) < 4.78 is 5.68. The molecule has 1 N–H and O–H groups in total. The van der Waals surface area contributed by atoms with Crippen molar-refractivity contribution in [2.24, 2.45) is 0 Å². The molecule has 0 amide bonds. The highest BCUT2D eigenvalue weighted by Crippen LogP contribution is 2.27. The lowest BCUT2D eigenvalue weighted by molar-refractivity contribution is 0.0601. The van der Waals surface area contributed by atoms with E-state index in [1.54, 1.807) is 12.1 Å². The smallest absolute Gasteiger partial charge is 0.337 e. The van der Waals surface area contributed by atoms with E-state index in [1.165, 1.54) is 24.0 Å². The SMILES string of the molecule is CCCN(Cc1ccccc1)C(=S)Nc1nc2ccc(C(=O)OC)cc2s1. The minimum absolute atomic E-state index is 0.354. The molecule has 0 aliphatic heterocycles. The van der Waals surface area contributed by atoms with E-state index in [2.05, 4.69) is 34.3 Å². The molecule has 1 heterocycles. The first-order valence-electron chi connectivity index (χ1n) is 8.69. The van der Waals surface area contributed by atoms with Crippen LogP contribution < -0.4 is 5.32 Å². The molecule has 0 saturated heterocycles. The maximum atomic E-state index is 11.7. The van der Waals surface area contributed by atoms with Crippen LogP contribution in [-0.4, -0.2) is 34.6 Å². The first-order chi connectivity index (χ1) is 13.1. The van der Waals surface area contributed by atoms with Crippen molar-refractivity contribution in [1.29, 1.82) is 0 Å². The topological polar surface area (TPSA) is 54.5 Å². The van der Waals surface area contributed by atoms with Gasteiger partial charge in [-0.25, -0.2) is 9.78 Å². The largest absolute Gasteiger partial charge is 0.465 e. The number of rotatable bonds is 6. The predicted molar refractivity (Wildman–Crippen MR) is 114 cm³/mol. The van der Waals surface area contributed by atoms with Gasteiger partial charge >= 0.3 is 5.97 Å². The summed E-state index contributed by atoms with van der Waals surface area (Å²) in [6.07, 6.45) is 0.997. The Morgan fingerprint density at radius 1 is 1.26 bits per heavy atom. The Bertz CT molecular complexity index is 941. The van der Waals surface area contributed by atoms with Crippen molar-refractivity contribution in [1.82, 2.24) is 9.88 Å². The standard InChI is InChI=1S/C20H21N3O2S2/c1-3-11-23(13-14-7-5-4-6-8-14)20(26)22-19-21-16-10-9-15(18(24)25-2)12-17(16)27-19/h4-10,12H,3,11,13H2,1-2H3,(H,21,22,26). The van der Waals surface area contributed by atoms with Gasteiger partial charge in [-0.1, -0.05) is 48.6 Å². The maximum absolute atomic E-state index is 11.7. The van der Waals surface area contributed by atoms with Crippen molar-refractivity contribution in [3.8, 4) is 0 Å². The summed E-state index contributed by atoms with van der Waals surface area (Å²) >= 11 is 7.09. The van der Waals surface area contributed by atoms with Gasteiger partial charge in [-0.15, -0.1) is 0 Å². The first-order valence-corrected chi connectivity index (χ1v) is 9.92. The number of fused-ring (bicyclic) bond motifs is 1. The van der Waals surface area contributed by atoms with Gasteiger partial charge in [0.2, 0.25) is 0 Å². The molecule has 1 aromatic heterocycles. The number of aromatic nitrogens is 1. The van der Waals surface area contributed by atoms with Crippen molar-refractivity contribution >= 4 is 50.0 Å². The number of ether oxygens (including phenoxy) is 1. The average Bonchev–Trinajstić information content (AvgIpc) is 3.09. The van der Waals surface area contributed by atoms with Crippen LogP contribution in [0.15, 0.2) is 48.5 Å². The van der Waals surface area contributed by atoms with E-state index in [9.17, 15) is 4.79 Å². The number of hydrogen-bond acceptors (Lipinski definition) is 5. The summed E-state index contributed by atoms with van der Waals surface area (Å²) in [5.41, 5.74) is 2.55. The van der Waals surface area contributed by atoms with Crippen molar-refractivity contribution in [2.75, 3.05) is 19.0 Å². The number of methoxy groups -OCH3 is 1. The number of esters is 1. The Morgan fingerprint density at radius 2 is 2.04 bits per heavy atom. The van der Waals surface area contributed by atoms with Crippen LogP contribution in [0.4, 0.5) is 5.13 Å². The minimum Gasteiger partial charge on any atom is -0.465 e. The van der Waals surface area contributed by atoms with Gasteiger partial charge < -0.3 is 15.0 Å². The zero-order valence-electron chi connectivity index (χ0n) is 15.3. The average molecular weight is 400 g/mol. The Kier molecular flexibility index (Phi) is 6.36. The summed E-state index contributed by atoms with van der Waals surface area (Å²) in [4.78, 5) is 18.4. The highest BCUT2D eigenvalue weighted by molar-refractivity contribution is 7.80. The second kappa shape index (κ2) is 8.92. The van der Waals surface area contributed by atoms with E-state index in [0.29, 0.717) is 15.8 Å². The molecule has 0 spiro atoms. The zero-order valence-corrected chi connectivity index (χ0v) is 16.9. The lowest BCUT2D eigenvalue weighted by Gasteiger charge is -2.24. The van der Waals surface area contributed by atoms with E-state index in [0.717, 1.165) is 29.7 Å². The number of carbonyl (C=O) groups is 1. The molecular formula is C20H21N3O2S2. The van der Waals surface area contributed by atoms with Gasteiger partial charge in [-0.05, 0) is 42.4 Å². The number of anilines is 1. The van der Waals surface area contributed by atoms with Crippen LogP contribution in [0.25, 0.3) is 10.2 Å². The third kappa shape index (κ3) is 4.81. The fourth-order valence-electron chi connectivity index (χ4n) is 2.72. The number of carbonyl (C=O) groups excluding carboxylic acids is 1. The fourth-order valence-corrected chi connectivity index (χ4v) is 3.94. The number of nitrogens with one attached hydrogen (secondary N) is 1. The van der Waals surface area contributed by atoms with Crippen LogP contribution >= 0.6 is 23.6 Å². The monoisotopic (exact) mass is 399 g/mol. The summed E-state index contributed by atoms with van der Waals surface area (Å²) in [5, 5.41) is 4.61. The highest BCUT2D eigenvalue weighted by Gasteiger charge is 2.13. The molecule has 3 aromatic rings. The van der Waals surface area contributed by atoms with Crippen molar-refractivity contribution in [3.05, 3.63) is 59.7 Å². The summed E-state index contributed by atoms with van der Waals surface area (Å²) in [6, 6.07) is 15.6. The second-order valence-electron chi connectivity index (χ2n) is 6.03. The van der Waals surface area contributed by atoms with Crippen molar-refractivity contribution in [2.45, 2.75) is 19.9 Å². The number of nitrogens with zero attached hydrogens (tertiary/aromatic N) is 2. The van der Waals surface area contributed by atoms with E-state index >= 15 is 0 Å².